The second-order valence-electron chi connectivity index (χ2n) is 15.6. The second-order valence-corrected chi connectivity index (χ2v) is 16.7. The maximum absolute atomic E-state index is 13.4. The third kappa shape index (κ3) is 3.37. The van der Waals surface area contributed by atoms with Crippen LogP contribution >= 0.6 is 11.8 Å². The molecule has 7 heterocycles. The summed E-state index contributed by atoms with van der Waals surface area (Å²) in [4.78, 5) is 97.9. The lowest BCUT2D eigenvalue weighted by molar-refractivity contribution is -0.138. The van der Waals surface area contributed by atoms with E-state index in [1.54, 1.807) is 18.2 Å². The number of allylic oxidation sites excluding steroid dienone is 10. The number of Topliss-reactive ketones (excluding diaryl/α,β-unsaturated/α-hetero) is 5. The molecule has 4 aliphatic heterocycles. The van der Waals surface area contributed by atoms with Gasteiger partial charge >= 0.3 is 0 Å². The van der Waals surface area contributed by atoms with Crippen molar-refractivity contribution in [2.24, 2.45) is 17.8 Å². The number of carbonyl (C=O) groups excluding carboxylic acids is 6. The molecule has 8 atom stereocenters. The predicted molar refractivity (Wildman–Crippen MR) is 199 cm³/mol. The Balaban J connectivity index is 1.20. The van der Waals surface area contributed by atoms with E-state index in [4.69, 9.17) is 9.97 Å². The van der Waals surface area contributed by atoms with Crippen LogP contribution in [-0.4, -0.2) is 59.2 Å². The summed E-state index contributed by atoms with van der Waals surface area (Å²) in [6, 6.07) is 7.66. The fourth-order valence-corrected chi connectivity index (χ4v) is 11.9. The lowest BCUT2D eigenvalue weighted by Gasteiger charge is -2.31. The highest BCUT2D eigenvalue weighted by molar-refractivity contribution is 8.15. The summed E-state index contributed by atoms with van der Waals surface area (Å²) in [7, 11) is 0. The normalized spacial score (nSPS) is 31.3. The molecular formula is C43H24N4O6S. The van der Waals surface area contributed by atoms with Crippen LogP contribution in [0.5, 0.6) is 0 Å². The summed E-state index contributed by atoms with van der Waals surface area (Å²) in [6.45, 7) is 0. The summed E-state index contributed by atoms with van der Waals surface area (Å²) < 4.78 is 0. The van der Waals surface area contributed by atoms with Crippen LogP contribution in [0, 0.1) is 17.8 Å². The van der Waals surface area contributed by atoms with Crippen molar-refractivity contribution >= 4 is 90.2 Å². The van der Waals surface area contributed by atoms with E-state index in [9.17, 15) is 28.8 Å². The van der Waals surface area contributed by atoms with Crippen molar-refractivity contribution in [3.63, 3.8) is 0 Å². The number of aromatic amines is 2. The van der Waals surface area contributed by atoms with Crippen molar-refractivity contribution in [1.29, 1.82) is 0 Å². The van der Waals surface area contributed by atoms with Gasteiger partial charge in [-0.25, -0.2) is 9.97 Å². The first-order valence-corrected chi connectivity index (χ1v) is 19.1. The van der Waals surface area contributed by atoms with Gasteiger partial charge in [-0.3, -0.25) is 28.8 Å². The topological polar surface area (TPSA) is 160 Å². The van der Waals surface area contributed by atoms with Crippen LogP contribution in [0.1, 0.15) is 75.1 Å². The van der Waals surface area contributed by atoms with Gasteiger partial charge in [0, 0.05) is 40.0 Å². The summed E-state index contributed by atoms with van der Waals surface area (Å²) in [5.41, 5.74) is 11.4. The van der Waals surface area contributed by atoms with Gasteiger partial charge in [-0.2, -0.15) is 0 Å². The van der Waals surface area contributed by atoms with E-state index >= 15 is 0 Å². The molecule has 0 saturated heterocycles. The Morgan fingerprint density at radius 1 is 0.463 bits per heavy atom. The molecule has 10 nitrogen and oxygen atoms in total. The lowest BCUT2D eigenvalue weighted by atomic mass is 9.69. The van der Waals surface area contributed by atoms with Crippen molar-refractivity contribution in [2.75, 3.05) is 0 Å². The highest BCUT2D eigenvalue weighted by Crippen LogP contribution is 2.55. The van der Waals surface area contributed by atoms with Gasteiger partial charge in [0.2, 0.25) is 28.2 Å². The van der Waals surface area contributed by atoms with E-state index in [1.165, 1.54) is 11.8 Å². The van der Waals surface area contributed by atoms with Crippen molar-refractivity contribution in [3.05, 3.63) is 118 Å². The molecule has 0 fully saturated rings. The molecule has 3 aromatic rings. The van der Waals surface area contributed by atoms with Crippen LogP contribution in [0.2, 0.25) is 0 Å². The van der Waals surface area contributed by atoms with Gasteiger partial charge in [0.15, 0.2) is 0 Å². The minimum absolute atomic E-state index is 0.0287. The quantitative estimate of drug-likeness (QED) is 0.225. The number of thioether (sulfide) groups is 1. The Kier molecular flexibility index (Phi) is 5.19. The number of ketones is 5. The number of nitrogens with one attached hydrogen (secondary N) is 2. The summed E-state index contributed by atoms with van der Waals surface area (Å²) in [5, 5.41) is -0.248. The molecule has 16 bridgehead atoms. The van der Waals surface area contributed by atoms with Crippen LogP contribution in [0.15, 0.2) is 72.9 Å². The van der Waals surface area contributed by atoms with Crippen molar-refractivity contribution in [2.45, 2.75) is 35.3 Å². The zero-order chi connectivity index (χ0) is 36.0. The average Bonchev–Trinajstić information content (AvgIpc) is 3.93. The highest BCUT2D eigenvalue weighted by Gasteiger charge is 2.49. The summed E-state index contributed by atoms with van der Waals surface area (Å²) >= 11 is 1.26. The minimum Gasteiger partial charge on any atom is -0.355 e. The van der Waals surface area contributed by atoms with Crippen LogP contribution in [0.3, 0.4) is 0 Å². The monoisotopic (exact) mass is 724 g/mol. The largest absolute Gasteiger partial charge is 0.355 e. The van der Waals surface area contributed by atoms with E-state index < -0.39 is 58.6 Å². The molecule has 0 saturated carbocycles. The molecule has 258 valence electrons. The molecule has 0 radical (unpaired) electrons. The molecule has 17 rings (SSSR count). The molecule has 3 aromatic heterocycles. The molecule has 8 unspecified atom stereocenters. The fraction of sp³-hybridized carbons (Fsp3) is 0.209. The molecule has 0 aromatic carbocycles. The van der Waals surface area contributed by atoms with Crippen LogP contribution in [0.25, 0.3) is 44.4 Å². The number of fused-ring (bicyclic) bond motifs is 12. The van der Waals surface area contributed by atoms with E-state index in [0.717, 1.165) is 38.9 Å². The molecule has 54 heavy (non-hydrogen) atoms. The first kappa shape index (κ1) is 29.4. The standard InChI is InChI=1S/C43H24N4O6S/c48-29-9-14-1-2-15(29)32-22-11-24-34-17-5-6-19(42(52)40(17)50)36(34)26(46-24)13-28-38-30-8-7-20(43(53)54-30)37(38)27(47-28)12-25-35-18-4-3-16(39(49)41(18)51)33(35)23(45-25)10-21(44-22)31(14)32/h1-8,10-20,30,44-45H,9H2. The van der Waals surface area contributed by atoms with E-state index in [-0.39, 0.29) is 22.1 Å². The van der Waals surface area contributed by atoms with Gasteiger partial charge in [0.1, 0.15) is 5.78 Å². The highest BCUT2D eigenvalue weighted by atomic mass is 32.2. The first-order valence-electron chi connectivity index (χ1n) is 18.2. The van der Waals surface area contributed by atoms with E-state index in [2.05, 4.69) is 16.0 Å². The Morgan fingerprint density at radius 2 is 0.926 bits per heavy atom. The molecule has 11 heteroatoms. The number of H-pyrrole nitrogens is 2. The van der Waals surface area contributed by atoms with Crippen molar-refractivity contribution < 1.29 is 28.8 Å². The van der Waals surface area contributed by atoms with Crippen LogP contribution < -0.4 is 0 Å². The smallest absolute Gasteiger partial charge is 0.210 e. The average molecular weight is 725 g/mol. The van der Waals surface area contributed by atoms with Gasteiger partial charge in [-0.15, -0.1) is 0 Å². The summed E-state index contributed by atoms with van der Waals surface area (Å²) in [6.07, 6.45) is 15.6. The summed E-state index contributed by atoms with van der Waals surface area (Å²) in [5.74, 6) is -5.90. The van der Waals surface area contributed by atoms with Crippen molar-refractivity contribution in [1.82, 2.24) is 19.9 Å². The first-order chi connectivity index (χ1) is 26.2. The maximum Gasteiger partial charge on any atom is 0.210 e. The Morgan fingerprint density at radius 3 is 1.54 bits per heavy atom. The molecular weight excluding hydrogens is 701 g/mol. The van der Waals surface area contributed by atoms with Crippen LogP contribution in [0.4, 0.5) is 0 Å². The van der Waals surface area contributed by atoms with Gasteiger partial charge in [-0.1, -0.05) is 60.4 Å². The zero-order valence-electron chi connectivity index (χ0n) is 28.0. The van der Waals surface area contributed by atoms with Gasteiger partial charge in [0.25, 0.3) is 0 Å². The third-order valence-electron chi connectivity index (χ3n) is 13.0. The molecule has 2 N–H and O–H groups in total. The number of carbonyl (C=O) groups is 6. The maximum atomic E-state index is 13.4. The van der Waals surface area contributed by atoms with Gasteiger partial charge in [-0.05, 0) is 63.2 Å². The third-order valence-corrected chi connectivity index (χ3v) is 14.1. The fourth-order valence-electron chi connectivity index (χ4n) is 10.8. The number of aromatic nitrogens is 4. The van der Waals surface area contributed by atoms with Crippen LogP contribution in [-0.2, 0) is 28.8 Å². The number of hydrogen-bond acceptors (Lipinski definition) is 9. The van der Waals surface area contributed by atoms with E-state index in [1.807, 2.05) is 48.6 Å². The number of nitrogens with zero attached hydrogens (tertiary/aromatic N) is 2. The van der Waals surface area contributed by atoms with E-state index in [0.29, 0.717) is 56.9 Å². The van der Waals surface area contributed by atoms with Gasteiger partial charge < -0.3 is 9.97 Å². The SMILES string of the molecule is O=C1SC2C=CC1C1=C2c2cc3nc(cc4[nH]c(cc5[nH]c(cc1n2)c1c5C2C=CC1C(=O)C2=O)c1c4C2C=CC1CC2=O)C1=C3C2C=CC1C(=O)C2=O. The Labute approximate surface area is 308 Å². The molecule has 10 aliphatic carbocycles. The predicted octanol–water partition coefficient (Wildman–Crippen LogP) is 5.52. The molecule has 14 aliphatic rings. The zero-order valence-corrected chi connectivity index (χ0v) is 28.8. The number of rotatable bonds is 0. The Hall–Kier alpha value is -6.07. The lowest BCUT2D eigenvalue weighted by Crippen LogP contribution is -2.37. The Bertz CT molecular complexity index is 2970. The van der Waals surface area contributed by atoms with Crippen molar-refractivity contribution in [3.8, 4) is 0 Å². The number of hydrogen-bond donors (Lipinski definition) is 2. The minimum atomic E-state index is -0.779. The van der Waals surface area contributed by atoms with Gasteiger partial charge in [0.05, 0.1) is 63.5 Å². The molecule has 0 spiro atoms. The second kappa shape index (κ2) is 9.53. The molecule has 0 amide bonds.